The topological polar surface area (TPSA) is 0 Å². The molecule has 0 atom stereocenters. The molecular formula is C12H21F3Si. The van der Waals surface area contributed by atoms with Crippen LogP contribution in [-0.4, -0.2) is 14.3 Å². The van der Waals surface area contributed by atoms with Crippen molar-refractivity contribution in [3.8, 4) is 0 Å². The Balaban J connectivity index is 1.92. The minimum absolute atomic E-state index is 0.440. The van der Waals surface area contributed by atoms with Crippen molar-refractivity contribution in [2.24, 2.45) is 5.92 Å². The van der Waals surface area contributed by atoms with Crippen LogP contribution in [0.1, 0.15) is 38.5 Å². The zero-order valence-corrected chi connectivity index (χ0v) is 10.8. The van der Waals surface area contributed by atoms with Crippen molar-refractivity contribution < 1.29 is 13.2 Å². The lowest BCUT2D eigenvalue weighted by atomic mass is 10.0. The van der Waals surface area contributed by atoms with Gasteiger partial charge in [0.1, 0.15) is 0 Å². The van der Waals surface area contributed by atoms with Crippen molar-refractivity contribution >= 4 is 8.07 Å². The van der Waals surface area contributed by atoms with Crippen LogP contribution in [0, 0.1) is 5.92 Å². The Hall–Kier alpha value is 0.00688. The number of halogens is 3. The van der Waals surface area contributed by atoms with Gasteiger partial charge in [-0.3, -0.25) is 0 Å². The van der Waals surface area contributed by atoms with E-state index >= 15 is 0 Å². The fourth-order valence-electron chi connectivity index (χ4n) is 3.54. The minimum Gasteiger partial charge on any atom is -0.171 e. The number of alkyl halides is 3. The quantitative estimate of drug-likeness (QED) is 0.532. The summed E-state index contributed by atoms with van der Waals surface area (Å²) < 4.78 is 37.8. The van der Waals surface area contributed by atoms with Gasteiger partial charge in [0.2, 0.25) is 0 Å². The maximum atomic E-state index is 12.6. The second kappa shape index (κ2) is 4.71. The van der Waals surface area contributed by atoms with E-state index in [9.17, 15) is 13.2 Å². The Labute approximate surface area is 96.6 Å². The Morgan fingerprint density at radius 2 is 1.25 bits per heavy atom. The molecule has 0 bridgehead atoms. The van der Waals surface area contributed by atoms with Crippen LogP contribution >= 0.6 is 0 Å². The van der Waals surface area contributed by atoms with Gasteiger partial charge in [0.05, 0.1) is 14.0 Å². The monoisotopic (exact) mass is 250 g/mol. The average Bonchev–Trinajstić information content (AvgIpc) is 2.43. The van der Waals surface area contributed by atoms with E-state index in [1.807, 2.05) is 0 Å². The van der Waals surface area contributed by atoms with Gasteiger partial charge in [0.25, 0.3) is 0 Å². The van der Waals surface area contributed by atoms with Crippen LogP contribution in [0.4, 0.5) is 13.2 Å². The van der Waals surface area contributed by atoms with E-state index in [1.54, 1.807) is 0 Å². The Morgan fingerprint density at radius 3 is 1.69 bits per heavy atom. The van der Waals surface area contributed by atoms with Gasteiger partial charge >= 0.3 is 6.18 Å². The molecule has 2 saturated heterocycles. The highest BCUT2D eigenvalue weighted by Crippen LogP contribution is 2.46. The number of rotatable bonds is 0. The van der Waals surface area contributed by atoms with Crippen LogP contribution in [0.3, 0.4) is 0 Å². The first-order chi connectivity index (χ1) is 7.52. The summed E-state index contributed by atoms with van der Waals surface area (Å²) in [7, 11) is -1.24. The highest BCUT2D eigenvalue weighted by atomic mass is 28.3. The third kappa shape index (κ3) is 2.82. The molecule has 0 aromatic carbocycles. The Kier molecular flexibility index (Phi) is 3.67. The largest absolute Gasteiger partial charge is 0.391 e. The van der Waals surface area contributed by atoms with Gasteiger partial charge < -0.3 is 0 Å². The number of hydrogen-bond donors (Lipinski definition) is 0. The zero-order chi connectivity index (χ0) is 11.6. The third-order valence-corrected chi connectivity index (χ3v) is 10.2. The fourth-order valence-corrected chi connectivity index (χ4v) is 8.96. The predicted octanol–water partition coefficient (Wildman–Crippen LogP) is 4.98. The van der Waals surface area contributed by atoms with Crippen LogP contribution in [0.15, 0.2) is 0 Å². The molecule has 0 aromatic heterocycles. The van der Waals surface area contributed by atoms with Gasteiger partial charge in [-0.15, -0.1) is 0 Å². The van der Waals surface area contributed by atoms with E-state index in [-0.39, 0.29) is 0 Å². The molecule has 0 N–H and O–H groups in total. The van der Waals surface area contributed by atoms with Crippen molar-refractivity contribution in [1.29, 1.82) is 0 Å². The summed E-state index contributed by atoms with van der Waals surface area (Å²) in [6.07, 6.45) is 2.17. The van der Waals surface area contributed by atoms with E-state index in [0.717, 1.165) is 12.1 Å². The van der Waals surface area contributed by atoms with Gasteiger partial charge in [-0.2, -0.15) is 13.2 Å². The second-order valence-corrected chi connectivity index (χ2v) is 10.7. The first-order valence-corrected chi connectivity index (χ1v) is 9.41. The molecule has 16 heavy (non-hydrogen) atoms. The maximum Gasteiger partial charge on any atom is 0.391 e. The van der Waals surface area contributed by atoms with E-state index in [1.165, 1.54) is 37.8 Å². The zero-order valence-electron chi connectivity index (χ0n) is 9.78. The third-order valence-electron chi connectivity index (χ3n) is 4.67. The van der Waals surface area contributed by atoms with Gasteiger partial charge in [-0.1, -0.05) is 49.9 Å². The molecule has 0 amide bonds. The fraction of sp³-hybridized carbons (Fsp3) is 1.00. The molecule has 0 aliphatic carbocycles. The standard InChI is InChI=1S/C12H21F3Si/c13-12(14,15)11-5-9-16(10-6-11)7-3-1-2-4-8-16/h11H,1-10H2. The van der Waals surface area contributed by atoms with Crippen LogP contribution in [0.25, 0.3) is 0 Å². The summed E-state index contributed by atoms with van der Waals surface area (Å²) in [6, 6.07) is 4.55. The van der Waals surface area contributed by atoms with Crippen LogP contribution in [-0.2, 0) is 0 Å². The highest BCUT2D eigenvalue weighted by molar-refractivity contribution is 6.80. The van der Waals surface area contributed by atoms with Crippen molar-refractivity contribution in [3.63, 3.8) is 0 Å². The summed E-state index contributed by atoms with van der Waals surface area (Å²) in [5, 5.41) is 0. The van der Waals surface area contributed by atoms with E-state index in [2.05, 4.69) is 0 Å². The summed E-state index contributed by atoms with van der Waals surface area (Å²) in [5.74, 6) is -0.978. The minimum atomic E-state index is -3.93. The Bertz CT molecular complexity index is 219. The van der Waals surface area contributed by atoms with Gasteiger partial charge in [0, 0.05) is 0 Å². The smallest absolute Gasteiger partial charge is 0.171 e. The van der Waals surface area contributed by atoms with Crippen molar-refractivity contribution in [1.82, 2.24) is 0 Å². The van der Waals surface area contributed by atoms with Crippen molar-refractivity contribution in [2.45, 2.75) is 68.9 Å². The normalized spacial score (nSPS) is 27.9. The first kappa shape index (κ1) is 12.5. The molecule has 94 valence electrons. The summed E-state index contributed by atoms with van der Waals surface area (Å²) in [5.41, 5.74) is 0. The van der Waals surface area contributed by atoms with E-state index in [4.69, 9.17) is 0 Å². The molecule has 2 heterocycles. The number of hydrogen-bond acceptors (Lipinski definition) is 0. The lowest BCUT2D eigenvalue weighted by Crippen LogP contribution is -2.40. The lowest BCUT2D eigenvalue weighted by Gasteiger charge is -2.38. The van der Waals surface area contributed by atoms with E-state index in [0.29, 0.717) is 12.8 Å². The molecule has 0 nitrogen and oxygen atoms in total. The van der Waals surface area contributed by atoms with Crippen LogP contribution in [0.2, 0.25) is 24.2 Å². The Morgan fingerprint density at radius 1 is 0.750 bits per heavy atom. The molecule has 2 aliphatic heterocycles. The molecule has 4 heteroatoms. The van der Waals surface area contributed by atoms with E-state index < -0.39 is 20.2 Å². The average molecular weight is 250 g/mol. The molecule has 2 fully saturated rings. The van der Waals surface area contributed by atoms with Crippen molar-refractivity contribution in [3.05, 3.63) is 0 Å². The molecule has 0 unspecified atom stereocenters. The van der Waals surface area contributed by atoms with Gasteiger partial charge in [-0.25, -0.2) is 0 Å². The highest BCUT2D eigenvalue weighted by Gasteiger charge is 2.46. The SMILES string of the molecule is FC(F)(F)C1CC[Si]2(CCCCCC2)CC1. The maximum absolute atomic E-state index is 12.6. The molecule has 2 aliphatic rings. The van der Waals surface area contributed by atoms with Crippen LogP contribution in [0.5, 0.6) is 0 Å². The molecular weight excluding hydrogens is 229 g/mol. The first-order valence-electron chi connectivity index (χ1n) is 6.59. The summed E-state index contributed by atoms with van der Waals surface area (Å²) in [4.78, 5) is 0. The predicted molar refractivity (Wildman–Crippen MR) is 62.2 cm³/mol. The lowest BCUT2D eigenvalue weighted by molar-refractivity contribution is -0.177. The van der Waals surface area contributed by atoms with Crippen molar-refractivity contribution in [2.75, 3.05) is 0 Å². The summed E-state index contributed by atoms with van der Waals surface area (Å²) in [6.45, 7) is 0. The summed E-state index contributed by atoms with van der Waals surface area (Å²) >= 11 is 0. The molecule has 2 rings (SSSR count). The van der Waals surface area contributed by atoms with Gasteiger partial charge in [-0.05, 0) is 12.8 Å². The molecule has 1 spiro atoms. The molecule has 0 radical (unpaired) electrons. The van der Waals surface area contributed by atoms with Gasteiger partial charge in [0.15, 0.2) is 0 Å². The molecule has 0 saturated carbocycles. The molecule has 0 aromatic rings. The van der Waals surface area contributed by atoms with Crippen LogP contribution < -0.4 is 0 Å². The second-order valence-electron chi connectivity index (χ2n) is 5.73.